The Hall–Kier alpha value is -1.41. The molecular formula is C17H20OS. The number of benzene rings is 2. The van der Waals surface area contributed by atoms with Crippen molar-refractivity contribution >= 4 is 11.8 Å². The predicted molar refractivity (Wildman–Crippen MR) is 82.1 cm³/mol. The van der Waals surface area contributed by atoms with E-state index in [2.05, 4.69) is 39.0 Å². The molecule has 100 valence electrons. The van der Waals surface area contributed by atoms with Crippen molar-refractivity contribution in [3.63, 3.8) is 0 Å². The molecular weight excluding hydrogens is 252 g/mol. The summed E-state index contributed by atoms with van der Waals surface area (Å²) in [6.07, 6.45) is 0. The van der Waals surface area contributed by atoms with E-state index in [1.165, 1.54) is 9.79 Å². The molecule has 0 radical (unpaired) electrons. The maximum absolute atomic E-state index is 10.1. The number of aromatic hydroxyl groups is 1. The van der Waals surface area contributed by atoms with Crippen molar-refractivity contribution in [1.82, 2.24) is 0 Å². The zero-order valence-corrected chi connectivity index (χ0v) is 12.7. The normalized spacial score (nSPS) is 11.6. The molecule has 0 aliphatic rings. The zero-order chi connectivity index (χ0) is 14.0. The second-order valence-electron chi connectivity index (χ2n) is 5.80. The highest BCUT2D eigenvalue weighted by molar-refractivity contribution is 7.99. The molecule has 2 heteroatoms. The van der Waals surface area contributed by atoms with Crippen LogP contribution < -0.4 is 0 Å². The molecule has 1 N–H and O–H groups in total. The molecule has 2 aromatic rings. The van der Waals surface area contributed by atoms with Crippen LogP contribution in [0.1, 0.15) is 31.9 Å². The molecule has 2 aromatic carbocycles. The molecule has 0 atom stereocenters. The maximum atomic E-state index is 10.1. The highest BCUT2D eigenvalue weighted by Gasteiger charge is 2.19. The quantitative estimate of drug-likeness (QED) is 0.816. The Morgan fingerprint density at radius 3 is 2.21 bits per heavy atom. The Morgan fingerprint density at radius 1 is 1.00 bits per heavy atom. The standard InChI is InChI=1S/C17H20OS/c1-12-10-15(18)14(17(2,3)4)11-16(12)19-13-8-6-5-7-9-13/h5-11,18H,1-4H3. The van der Waals surface area contributed by atoms with E-state index in [9.17, 15) is 5.11 Å². The Balaban J connectivity index is 2.41. The number of phenols is 1. The molecule has 0 aliphatic heterocycles. The fourth-order valence-corrected chi connectivity index (χ4v) is 2.94. The summed E-state index contributed by atoms with van der Waals surface area (Å²) in [6.45, 7) is 8.40. The first-order chi connectivity index (χ1) is 8.88. The molecule has 0 aromatic heterocycles. The van der Waals surface area contributed by atoms with Gasteiger partial charge in [0.05, 0.1) is 0 Å². The molecule has 0 spiro atoms. The lowest BCUT2D eigenvalue weighted by Gasteiger charge is -2.22. The Labute approximate surface area is 119 Å². The molecule has 0 bridgehead atoms. The number of hydrogen-bond donors (Lipinski definition) is 1. The van der Waals surface area contributed by atoms with Gasteiger partial charge in [-0.05, 0) is 42.2 Å². The number of rotatable bonds is 2. The van der Waals surface area contributed by atoms with Gasteiger partial charge in [0.2, 0.25) is 0 Å². The van der Waals surface area contributed by atoms with Crippen molar-refractivity contribution in [2.45, 2.75) is 42.9 Å². The summed E-state index contributed by atoms with van der Waals surface area (Å²) in [5.41, 5.74) is 2.06. The van der Waals surface area contributed by atoms with E-state index < -0.39 is 0 Å². The molecule has 0 saturated heterocycles. The van der Waals surface area contributed by atoms with E-state index >= 15 is 0 Å². The van der Waals surface area contributed by atoms with Gasteiger partial charge in [0.25, 0.3) is 0 Å². The number of phenolic OH excluding ortho intramolecular Hbond substituents is 1. The van der Waals surface area contributed by atoms with Crippen LogP contribution in [0.25, 0.3) is 0 Å². The van der Waals surface area contributed by atoms with Gasteiger partial charge in [0.1, 0.15) is 5.75 Å². The van der Waals surface area contributed by atoms with Gasteiger partial charge in [-0.15, -0.1) is 0 Å². The van der Waals surface area contributed by atoms with Gasteiger partial charge in [-0.2, -0.15) is 0 Å². The number of aryl methyl sites for hydroxylation is 1. The average molecular weight is 272 g/mol. The van der Waals surface area contributed by atoms with Crippen LogP contribution in [0.4, 0.5) is 0 Å². The molecule has 0 heterocycles. The SMILES string of the molecule is Cc1cc(O)c(C(C)(C)C)cc1Sc1ccccc1. The fourth-order valence-electron chi connectivity index (χ4n) is 2.00. The minimum atomic E-state index is -0.0518. The minimum Gasteiger partial charge on any atom is -0.508 e. The molecule has 19 heavy (non-hydrogen) atoms. The van der Waals surface area contributed by atoms with Crippen LogP contribution in [0.15, 0.2) is 52.3 Å². The van der Waals surface area contributed by atoms with Crippen molar-refractivity contribution in [3.05, 3.63) is 53.6 Å². The van der Waals surface area contributed by atoms with Gasteiger partial charge >= 0.3 is 0 Å². The molecule has 0 aliphatic carbocycles. The van der Waals surface area contributed by atoms with Crippen molar-refractivity contribution < 1.29 is 5.11 Å². The van der Waals surface area contributed by atoms with Gasteiger partial charge in [-0.1, -0.05) is 50.7 Å². The molecule has 0 fully saturated rings. The van der Waals surface area contributed by atoms with Gasteiger partial charge in [-0.3, -0.25) is 0 Å². The van der Waals surface area contributed by atoms with Gasteiger partial charge in [0.15, 0.2) is 0 Å². The van der Waals surface area contributed by atoms with Crippen LogP contribution in [0.2, 0.25) is 0 Å². The molecule has 2 rings (SSSR count). The van der Waals surface area contributed by atoms with E-state index in [4.69, 9.17) is 0 Å². The summed E-state index contributed by atoms with van der Waals surface area (Å²) < 4.78 is 0. The molecule has 0 amide bonds. The lowest BCUT2D eigenvalue weighted by atomic mass is 9.86. The third-order valence-corrected chi connectivity index (χ3v) is 4.24. The van der Waals surface area contributed by atoms with E-state index in [-0.39, 0.29) is 5.41 Å². The summed E-state index contributed by atoms with van der Waals surface area (Å²) >= 11 is 1.74. The highest BCUT2D eigenvalue weighted by atomic mass is 32.2. The summed E-state index contributed by atoms with van der Waals surface area (Å²) in [6, 6.07) is 14.3. The van der Waals surface area contributed by atoms with Gasteiger partial charge in [-0.25, -0.2) is 0 Å². The summed E-state index contributed by atoms with van der Waals surface area (Å²) in [5.74, 6) is 0.391. The van der Waals surface area contributed by atoms with Crippen molar-refractivity contribution in [3.8, 4) is 5.75 Å². The van der Waals surface area contributed by atoms with Crippen LogP contribution in [0.3, 0.4) is 0 Å². The molecule has 0 unspecified atom stereocenters. The Morgan fingerprint density at radius 2 is 1.63 bits per heavy atom. The predicted octanol–water partition coefficient (Wildman–Crippen LogP) is 5.15. The van der Waals surface area contributed by atoms with Crippen LogP contribution >= 0.6 is 11.8 Å². The van der Waals surface area contributed by atoms with Crippen molar-refractivity contribution in [1.29, 1.82) is 0 Å². The fraction of sp³-hybridized carbons (Fsp3) is 0.294. The van der Waals surface area contributed by atoms with E-state index in [0.717, 1.165) is 11.1 Å². The minimum absolute atomic E-state index is 0.0518. The van der Waals surface area contributed by atoms with Gasteiger partial charge < -0.3 is 5.11 Å². The summed E-state index contributed by atoms with van der Waals surface area (Å²) in [5, 5.41) is 10.1. The van der Waals surface area contributed by atoms with Crippen molar-refractivity contribution in [2.24, 2.45) is 0 Å². The van der Waals surface area contributed by atoms with Crippen LogP contribution in [0.5, 0.6) is 5.75 Å². The van der Waals surface area contributed by atoms with Crippen LogP contribution in [-0.4, -0.2) is 5.11 Å². The second-order valence-corrected chi connectivity index (χ2v) is 6.92. The number of hydrogen-bond acceptors (Lipinski definition) is 2. The summed E-state index contributed by atoms with van der Waals surface area (Å²) in [4.78, 5) is 2.42. The largest absolute Gasteiger partial charge is 0.508 e. The first kappa shape index (κ1) is 14.0. The zero-order valence-electron chi connectivity index (χ0n) is 11.9. The van der Waals surface area contributed by atoms with Crippen LogP contribution in [0, 0.1) is 6.92 Å². The van der Waals surface area contributed by atoms with Gasteiger partial charge in [0, 0.05) is 15.4 Å². The molecule has 0 saturated carbocycles. The third-order valence-electron chi connectivity index (χ3n) is 3.07. The molecule has 1 nitrogen and oxygen atoms in total. The lowest BCUT2D eigenvalue weighted by Crippen LogP contribution is -2.11. The maximum Gasteiger partial charge on any atom is 0.119 e. The lowest BCUT2D eigenvalue weighted by molar-refractivity contribution is 0.445. The van der Waals surface area contributed by atoms with Crippen molar-refractivity contribution in [2.75, 3.05) is 0 Å². The van der Waals surface area contributed by atoms with E-state index in [1.54, 1.807) is 11.8 Å². The second kappa shape index (κ2) is 5.30. The van der Waals surface area contributed by atoms with E-state index in [0.29, 0.717) is 5.75 Å². The Bertz CT molecular complexity index is 568. The highest BCUT2D eigenvalue weighted by Crippen LogP contribution is 2.38. The van der Waals surface area contributed by atoms with Crippen LogP contribution in [-0.2, 0) is 5.41 Å². The first-order valence-electron chi connectivity index (χ1n) is 6.45. The Kier molecular flexibility index (Phi) is 3.91. The topological polar surface area (TPSA) is 20.2 Å². The third kappa shape index (κ3) is 3.32. The first-order valence-corrected chi connectivity index (χ1v) is 7.26. The van der Waals surface area contributed by atoms with E-state index in [1.807, 2.05) is 31.2 Å². The monoisotopic (exact) mass is 272 g/mol. The average Bonchev–Trinajstić information content (AvgIpc) is 2.32. The summed E-state index contributed by atoms with van der Waals surface area (Å²) in [7, 11) is 0. The smallest absolute Gasteiger partial charge is 0.119 e.